The van der Waals surface area contributed by atoms with Gasteiger partial charge in [0, 0.05) is 31.8 Å². The van der Waals surface area contributed by atoms with Crippen LogP contribution in [0.25, 0.3) is 0 Å². The summed E-state index contributed by atoms with van der Waals surface area (Å²) in [7, 11) is 0. The second-order valence-electron chi connectivity index (χ2n) is 6.22. The number of halogens is 2. The normalized spacial score (nSPS) is 27.2. The maximum Gasteiger partial charge on any atom is 0.248 e. The number of nitrogens with zero attached hydrogens (tertiary/aromatic N) is 1. The molecule has 0 aromatic carbocycles. The van der Waals surface area contributed by atoms with Crippen molar-refractivity contribution in [3.05, 3.63) is 0 Å². The molecule has 3 nitrogen and oxygen atoms in total. The third kappa shape index (κ3) is 4.14. The molecule has 20 heavy (non-hydrogen) atoms. The van der Waals surface area contributed by atoms with Gasteiger partial charge in [0.15, 0.2) is 0 Å². The Kier molecular flexibility index (Phi) is 5.35. The molecule has 5 heteroatoms. The summed E-state index contributed by atoms with van der Waals surface area (Å²) in [6.07, 6.45) is 2.72. The van der Waals surface area contributed by atoms with Gasteiger partial charge >= 0.3 is 0 Å². The molecule has 1 aliphatic heterocycles. The number of hydrogen-bond acceptors (Lipinski definition) is 2. The van der Waals surface area contributed by atoms with Gasteiger partial charge in [0.1, 0.15) is 0 Å². The van der Waals surface area contributed by atoms with E-state index < -0.39 is 5.92 Å². The average molecular weight is 288 g/mol. The lowest BCUT2D eigenvalue weighted by molar-refractivity contribution is -0.140. The third-order valence-electron chi connectivity index (χ3n) is 4.64. The van der Waals surface area contributed by atoms with Gasteiger partial charge in [-0.25, -0.2) is 8.78 Å². The molecule has 116 valence electrons. The predicted octanol–water partition coefficient (Wildman–Crippen LogP) is 2.66. The number of hydrogen-bond donors (Lipinski definition) is 1. The zero-order valence-electron chi connectivity index (χ0n) is 12.3. The molecule has 2 rings (SSSR count). The Morgan fingerprint density at radius 1 is 1.30 bits per heavy atom. The molecule has 1 saturated heterocycles. The summed E-state index contributed by atoms with van der Waals surface area (Å²) in [6.45, 7) is 5.46. The van der Waals surface area contributed by atoms with Crippen molar-refractivity contribution in [3.63, 3.8) is 0 Å². The largest absolute Gasteiger partial charge is 0.342 e. The molecular weight excluding hydrogens is 262 g/mol. The Labute approximate surface area is 120 Å². The molecule has 1 N–H and O–H groups in total. The Balaban J connectivity index is 1.85. The van der Waals surface area contributed by atoms with Crippen molar-refractivity contribution in [1.82, 2.24) is 10.2 Å². The quantitative estimate of drug-likeness (QED) is 0.862. The first-order valence-corrected chi connectivity index (χ1v) is 7.89. The van der Waals surface area contributed by atoms with Crippen LogP contribution in [0.5, 0.6) is 0 Å². The highest BCUT2D eigenvalue weighted by molar-refractivity contribution is 5.79. The van der Waals surface area contributed by atoms with Gasteiger partial charge in [-0.2, -0.15) is 0 Å². The number of rotatable bonds is 4. The van der Waals surface area contributed by atoms with Crippen LogP contribution in [-0.2, 0) is 4.79 Å². The summed E-state index contributed by atoms with van der Waals surface area (Å²) < 4.78 is 26.3. The van der Waals surface area contributed by atoms with Gasteiger partial charge in [0.25, 0.3) is 0 Å². The van der Waals surface area contributed by atoms with E-state index in [-0.39, 0.29) is 24.7 Å². The molecule has 1 aliphatic carbocycles. The molecule has 1 unspecified atom stereocenters. The highest BCUT2D eigenvalue weighted by Gasteiger charge is 2.38. The van der Waals surface area contributed by atoms with E-state index in [0.29, 0.717) is 25.3 Å². The van der Waals surface area contributed by atoms with E-state index in [4.69, 9.17) is 0 Å². The van der Waals surface area contributed by atoms with Crippen molar-refractivity contribution in [3.8, 4) is 0 Å². The molecule has 2 fully saturated rings. The second kappa shape index (κ2) is 6.83. The fourth-order valence-electron chi connectivity index (χ4n) is 3.31. The van der Waals surface area contributed by atoms with Gasteiger partial charge in [-0.1, -0.05) is 0 Å². The minimum absolute atomic E-state index is 0.0913. The summed E-state index contributed by atoms with van der Waals surface area (Å²) in [5.41, 5.74) is 0. The molecule has 1 heterocycles. The summed E-state index contributed by atoms with van der Waals surface area (Å²) in [5.74, 6) is -2.14. The molecule has 0 spiro atoms. The van der Waals surface area contributed by atoms with E-state index in [1.165, 1.54) is 0 Å². The smallest absolute Gasteiger partial charge is 0.248 e. The fraction of sp³-hybridized carbons (Fsp3) is 0.933. The van der Waals surface area contributed by atoms with E-state index in [0.717, 1.165) is 32.5 Å². The number of amides is 1. The summed E-state index contributed by atoms with van der Waals surface area (Å²) >= 11 is 0. The predicted molar refractivity (Wildman–Crippen MR) is 74.8 cm³/mol. The topological polar surface area (TPSA) is 32.3 Å². The molecule has 0 radical (unpaired) electrons. The van der Waals surface area contributed by atoms with E-state index in [1.54, 1.807) is 0 Å². The maximum atomic E-state index is 13.2. The highest BCUT2D eigenvalue weighted by atomic mass is 19.3. The summed E-state index contributed by atoms with van der Waals surface area (Å²) in [4.78, 5) is 14.4. The molecule has 0 bridgehead atoms. The Bertz CT molecular complexity index is 320. The van der Waals surface area contributed by atoms with Crippen molar-refractivity contribution in [2.75, 3.05) is 26.2 Å². The van der Waals surface area contributed by atoms with Gasteiger partial charge in [0.05, 0.1) is 0 Å². The van der Waals surface area contributed by atoms with Gasteiger partial charge in [-0.3, -0.25) is 4.79 Å². The van der Waals surface area contributed by atoms with Crippen LogP contribution in [0.3, 0.4) is 0 Å². The maximum absolute atomic E-state index is 13.2. The first-order chi connectivity index (χ1) is 9.52. The molecule has 0 aromatic rings. The van der Waals surface area contributed by atoms with Crippen molar-refractivity contribution in [1.29, 1.82) is 0 Å². The third-order valence-corrected chi connectivity index (χ3v) is 4.64. The number of alkyl halides is 2. The van der Waals surface area contributed by atoms with E-state index in [2.05, 4.69) is 5.32 Å². The van der Waals surface area contributed by atoms with Crippen LogP contribution in [0.15, 0.2) is 0 Å². The molecule has 1 amide bonds. The monoisotopic (exact) mass is 288 g/mol. The van der Waals surface area contributed by atoms with Gasteiger partial charge < -0.3 is 10.2 Å². The van der Waals surface area contributed by atoms with Crippen molar-refractivity contribution < 1.29 is 13.6 Å². The van der Waals surface area contributed by atoms with Crippen LogP contribution in [0, 0.1) is 11.8 Å². The average Bonchev–Trinajstić information content (AvgIpc) is 2.45. The van der Waals surface area contributed by atoms with Crippen LogP contribution in [0.1, 0.15) is 45.4 Å². The van der Waals surface area contributed by atoms with Crippen LogP contribution < -0.4 is 5.32 Å². The van der Waals surface area contributed by atoms with Crippen molar-refractivity contribution in [2.45, 2.75) is 51.4 Å². The fourth-order valence-corrected chi connectivity index (χ4v) is 3.31. The SMILES string of the molecule is CCN(CC1CCCNC1)C(=O)C1CCC(F)(F)CC1. The van der Waals surface area contributed by atoms with E-state index >= 15 is 0 Å². The van der Waals surface area contributed by atoms with Gasteiger partial charge in [-0.05, 0) is 51.6 Å². The van der Waals surface area contributed by atoms with Crippen LogP contribution in [0.4, 0.5) is 8.78 Å². The first kappa shape index (κ1) is 15.7. The number of nitrogens with one attached hydrogen (secondary N) is 1. The second-order valence-corrected chi connectivity index (χ2v) is 6.22. The molecule has 1 saturated carbocycles. The zero-order chi connectivity index (χ0) is 14.6. The minimum Gasteiger partial charge on any atom is -0.342 e. The van der Waals surface area contributed by atoms with Gasteiger partial charge in [-0.15, -0.1) is 0 Å². The van der Waals surface area contributed by atoms with Crippen molar-refractivity contribution >= 4 is 5.91 Å². The molecule has 1 atom stereocenters. The van der Waals surface area contributed by atoms with Crippen LogP contribution in [-0.4, -0.2) is 42.9 Å². The Morgan fingerprint density at radius 3 is 2.55 bits per heavy atom. The summed E-state index contributed by atoms with van der Waals surface area (Å²) in [6, 6.07) is 0. The van der Waals surface area contributed by atoms with Crippen LogP contribution in [0.2, 0.25) is 0 Å². The first-order valence-electron chi connectivity index (χ1n) is 7.89. The number of piperidine rings is 1. The zero-order valence-corrected chi connectivity index (χ0v) is 12.3. The van der Waals surface area contributed by atoms with E-state index in [9.17, 15) is 13.6 Å². The van der Waals surface area contributed by atoms with Crippen LogP contribution >= 0.6 is 0 Å². The Hall–Kier alpha value is -0.710. The molecular formula is C15H26F2N2O. The highest BCUT2D eigenvalue weighted by Crippen LogP contribution is 2.36. The number of carbonyl (C=O) groups excluding carboxylic acids is 1. The Morgan fingerprint density at radius 2 is 2.00 bits per heavy atom. The van der Waals surface area contributed by atoms with Gasteiger partial charge in [0.2, 0.25) is 11.8 Å². The lowest BCUT2D eigenvalue weighted by Gasteiger charge is -2.34. The molecule has 0 aromatic heterocycles. The lowest BCUT2D eigenvalue weighted by Crippen LogP contribution is -2.44. The number of carbonyl (C=O) groups is 1. The lowest BCUT2D eigenvalue weighted by atomic mass is 9.85. The minimum atomic E-state index is -2.55. The van der Waals surface area contributed by atoms with E-state index in [1.807, 2.05) is 11.8 Å². The standard InChI is InChI=1S/C15H26F2N2O/c1-2-19(11-12-4-3-9-18-10-12)14(20)13-5-7-15(16,17)8-6-13/h12-13,18H,2-11H2,1H3. The molecule has 2 aliphatic rings. The van der Waals surface area contributed by atoms with Crippen molar-refractivity contribution in [2.24, 2.45) is 11.8 Å². The summed E-state index contributed by atoms with van der Waals surface area (Å²) in [5, 5.41) is 3.36.